The van der Waals surface area contributed by atoms with E-state index in [0.29, 0.717) is 6.54 Å². The maximum absolute atomic E-state index is 9.26. The van der Waals surface area contributed by atoms with Crippen LogP contribution in [0.5, 0.6) is 0 Å². The highest BCUT2D eigenvalue weighted by Gasteiger charge is 2.18. The molecule has 0 bridgehead atoms. The fourth-order valence-electron chi connectivity index (χ4n) is 1.69. The van der Waals surface area contributed by atoms with Gasteiger partial charge in [-0.25, -0.2) is 0 Å². The van der Waals surface area contributed by atoms with Gasteiger partial charge in [-0.3, -0.25) is 0 Å². The summed E-state index contributed by atoms with van der Waals surface area (Å²) < 4.78 is 0. The second kappa shape index (κ2) is 5.58. The average Bonchev–Trinajstić information content (AvgIpc) is 2.07. The number of hydrogen-bond donors (Lipinski definition) is 2. The summed E-state index contributed by atoms with van der Waals surface area (Å²) in [6, 6.07) is 0. The summed E-state index contributed by atoms with van der Waals surface area (Å²) in [5, 5.41) is 9.26. The molecule has 3 N–H and O–H groups in total. The van der Waals surface area contributed by atoms with Gasteiger partial charge in [0.1, 0.15) is 0 Å². The van der Waals surface area contributed by atoms with Crippen LogP contribution in [0.25, 0.3) is 0 Å². The highest BCUT2D eigenvalue weighted by molar-refractivity contribution is 4.72. The van der Waals surface area contributed by atoms with Crippen LogP contribution < -0.4 is 5.73 Å². The van der Waals surface area contributed by atoms with Crippen LogP contribution in [-0.2, 0) is 0 Å². The molecule has 1 rings (SSSR count). The third kappa shape index (κ3) is 4.07. The molecule has 1 aliphatic rings. The van der Waals surface area contributed by atoms with Crippen molar-refractivity contribution >= 4 is 0 Å². The Balaban J connectivity index is 1.99. The summed E-state index contributed by atoms with van der Waals surface area (Å²) in [6.07, 6.45) is 4.68. The molecule has 3 heteroatoms. The summed E-state index contributed by atoms with van der Waals surface area (Å²) in [7, 11) is 2.13. The third-order valence-corrected chi connectivity index (χ3v) is 2.91. The maximum Gasteiger partial charge on any atom is 0.0674 e. The molecule has 0 aromatic carbocycles. The van der Waals surface area contributed by atoms with Crippen molar-refractivity contribution in [2.75, 3.05) is 26.7 Å². The first-order chi connectivity index (χ1) is 6.22. The Labute approximate surface area is 80.9 Å². The lowest BCUT2D eigenvalue weighted by Gasteiger charge is -2.30. The minimum Gasteiger partial charge on any atom is -0.392 e. The van der Waals surface area contributed by atoms with Gasteiger partial charge in [0.2, 0.25) is 0 Å². The molecule has 0 aromatic heterocycles. The van der Waals surface area contributed by atoms with Crippen molar-refractivity contribution in [2.45, 2.75) is 31.8 Å². The number of hydrogen-bond acceptors (Lipinski definition) is 3. The Bertz CT molecular complexity index is 137. The summed E-state index contributed by atoms with van der Waals surface area (Å²) in [4.78, 5) is 2.31. The van der Waals surface area contributed by atoms with Crippen molar-refractivity contribution in [1.82, 2.24) is 4.90 Å². The van der Waals surface area contributed by atoms with Crippen molar-refractivity contribution in [3.05, 3.63) is 0 Å². The maximum atomic E-state index is 9.26. The lowest BCUT2D eigenvalue weighted by Crippen LogP contribution is -2.32. The molecule has 78 valence electrons. The van der Waals surface area contributed by atoms with E-state index in [1.165, 1.54) is 25.8 Å². The Hall–Kier alpha value is -0.120. The van der Waals surface area contributed by atoms with Gasteiger partial charge in [0.25, 0.3) is 0 Å². The predicted octanol–water partition coefficient (Wildman–Crippen LogP) is 0.428. The van der Waals surface area contributed by atoms with Gasteiger partial charge in [-0.1, -0.05) is 6.42 Å². The van der Waals surface area contributed by atoms with Crippen molar-refractivity contribution in [1.29, 1.82) is 0 Å². The van der Waals surface area contributed by atoms with E-state index in [-0.39, 0.29) is 6.10 Å². The SMILES string of the molecule is CN(CCC(O)CN)CC1CCC1. The highest BCUT2D eigenvalue weighted by atomic mass is 16.3. The number of aliphatic hydroxyl groups excluding tert-OH is 1. The molecule has 0 aromatic rings. The minimum absolute atomic E-state index is 0.316. The number of rotatable bonds is 6. The van der Waals surface area contributed by atoms with E-state index in [1.54, 1.807) is 0 Å². The molecule has 1 saturated carbocycles. The van der Waals surface area contributed by atoms with Crippen molar-refractivity contribution in [3.63, 3.8) is 0 Å². The average molecular weight is 186 g/mol. The number of nitrogens with zero attached hydrogens (tertiary/aromatic N) is 1. The van der Waals surface area contributed by atoms with E-state index < -0.39 is 0 Å². The van der Waals surface area contributed by atoms with E-state index in [9.17, 15) is 5.11 Å². The molecular formula is C10H22N2O. The van der Waals surface area contributed by atoms with E-state index in [2.05, 4.69) is 11.9 Å². The molecule has 13 heavy (non-hydrogen) atoms. The second-order valence-corrected chi connectivity index (χ2v) is 4.24. The molecule has 0 amide bonds. The van der Waals surface area contributed by atoms with Crippen molar-refractivity contribution in [3.8, 4) is 0 Å². The zero-order valence-corrected chi connectivity index (χ0v) is 8.58. The first-order valence-corrected chi connectivity index (χ1v) is 5.29. The van der Waals surface area contributed by atoms with Gasteiger partial charge >= 0.3 is 0 Å². The van der Waals surface area contributed by atoms with Crippen LogP contribution >= 0.6 is 0 Å². The molecule has 0 radical (unpaired) electrons. The Morgan fingerprint density at radius 1 is 1.54 bits per heavy atom. The lowest BCUT2D eigenvalue weighted by molar-refractivity contribution is 0.140. The fourth-order valence-corrected chi connectivity index (χ4v) is 1.69. The summed E-state index contributed by atoms with van der Waals surface area (Å²) in [6.45, 7) is 2.55. The molecule has 0 spiro atoms. The van der Waals surface area contributed by atoms with Crippen LogP contribution in [0.15, 0.2) is 0 Å². The normalized spacial score (nSPS) is 20.3. The Morgan fingerprint density at radius 3 is 2.69 bits per heavy atom. The smallest absolute Gasteiger partial charge is 0.0674 e. The highest BCUT2D eigenvalue weighted by Crippen LogP contribution is 2.26. The van der Waals surface area contributed by atoms with Crippen LogP contribution in [0.1, 0.15) is 25.7 Å². The van der Waals surface area contributed by atoms with E-state index in [4.69, 9.17) is 5.73 Å². The standard InChI is InChI=1S/C10H22N2O/c1-12(6-5-10(13)7-11)8-9-3-2-4-9/h9-10,13H,2-8,11H2,1H3. The van der Waals surface area contributed by atoms with E-state index in [0.717, 1.165) is 18.9 Å². The molecule has 1 atom stereocenters. The second-order valence-electron chi connectivity index (χ2n) is 4.24. The molecule has 0 saturated heterocycles. The van der Waals surface area contributed by atoms with Gasteiger partial charge in [-0.15, -0.1) is 0 Å². The van der Waals surface area contributed by atoms with E-state index >= 15 is 0 Å². The van der Waals surface area contributed by atoms with Crippen molar-refractivity contribution < 1.29 is 5.11 Å². The van der Waals surface area contributed by atoms with Crippen LogP contribution in [0.2, 0.25) is 0 Å². The first-order valence-electron chi connectivity index (χ1n) is 5.29. The first kappa shape index (κ1) is 11.0. The van der Waals surface area contributed by atoms with Crippen LogP contribution in [0.4, 0.5) is 0 Å². The monoisotopic (exact) mass is 186 g/mol. The summed E-state index contributed by atoms with van der Waals surface area (Å²) >= 11 is 0. The van der Waals surface area contributed by atoms with Crippen LogP contribution in [0.3, 0.4) is 0 Å². The van der Waals surface area contributed by atoms with Crippen LogP contribution in [-0.4, -0.2) is 42.8 Å². The molecule has 3 nitrogen and oxygen atoms in total. The molecule has 1 unspecified atom stereocenters. The Morgan fingerprint density at radius 2 is 2.23 bits per heavy atom. The topological polar surface area (TPSA) is 49.5 Å². The molecule has 1 aliphatic carbocycles. The zero-order valence-electron chi connectivity index (χ0n) is 8.58. The number of nitrogens with two attached hydrogens (primary N) is 1. The largest absolute Gasteiger partial charge is 0.392 e. The van der Waals surface area contributed by atoms with Gasteiger partial charge in [0, 0.05) is 19.6 Å². The summed E-state index contributed by atoms with van der Waals surface area (Å²) in [5.74, 6) is 0.917. The van der Waals surface area contributed by atoms with Gasteiger partial charge in [-0.05, 0) is 32.2 Å². The fraction of sp³-hybridized carbons (Fsp3) is 1.00. The predicted molar refractivity (Wildman–Crippen MR) is 54.5 cm³/mol. The third-order valence-electron chi connectivity index (χ3n) is 2.91. The van der Waals surface area contributed by atoms with Gasteiger partial charge in [-0.2, -0.15) is 0 Å². The zero-order chi connectivity index (χ0) is 9.68. The molecule has 1 fully saturated rings. The Kier molecular flexibility index (Phi) is 4.70. The summed E-state index contributed by atoms with van der Waals surface area (Å²) in [5.41, 5.74) is 5.33. The minimum atomic E-state index is -0.316. The van der Waals surface area contributed by atoms with E-state index in [1.807, 2.05) is 0 Å². The molecular weight excluding hydrogens is 164 g/mol. The molecule has 0 aliphatic heterocycles. The number of aliphatic hydroxyl groups is 1. The lowest BCUT2D eigenvalue weighted by atomic mass is 9.85. The van der Waals surface area contributed by atoms with Gasteiger partial charge < -0.3 is 15.7 Å². The van der Waals surface area contributed by atoms with Crippen LogP contribution in [0, 0.1) is 5.92 Å². The van der Waals surface area contributed by atoms with Crippen molar-refractivity contribution in [2.24, 2.45) is 11.7 Å². The molecule has 0 heterocycles. The quantitative estimate of drug-likeness (QED) is 0.632. The van der Waals surface area contributed by atoms with Gasteiger partial charge in [0.05, 0.1) is 6.10 Å². The van der Waals surface area contributed by atoms with Gasteiger partial charge in [0.15, 0.2) is 0 Å².